The van der Waals surface area contributed by atoms with Crippen molar-refractivity contribution < 1.29 is 19.0 Å². The number of hydrogen-bond acceptors (Lipinski definition) is 6. The third-order valence-electron chi connectivity index (χ3n) is 4.73. The summed E-state index contributed by atoms with van der Waals surface area (Å²) in [5.74, 6) is 1.84. The topological polar surface area (TPSA) is 90.4 Å². The number of rotatable bonds is 8. The molecular formula is C21H23ClN4O4S. The van der Waals surface area contributed by atoms with Gasteiger partial charge in [-0.25, -0.2) is 0 Å². The number of nitrogens with zero attached hydrogens (tertiary/aromatic N) is 2. The number of carbonyl (C=O) groups is 1. The van der Waals surface area contributed by atoms with E-state index in [1.54, 1.807) is 43.1 Å². The van der Waals surface area contributed by atoms with Crippen LogP contribution in [0.1, 0.15) is 18.5 Å². The Kier molecular flexibility index (Phi) is 7.19. The quantitative estimate of drug-likeness (QED) is 0.488. The number of aromatic nitrogens is 3. The van der Waals surface area contributed by atoms with Crippen molar-refractivity contribution in [2.75, 3.05) is 21.3 Å². The highest BCUT2D eigenvalue weighted by atomic mass is 35.5. The Bertz CT molecular complexity index is 1100. The molecule has 10 heteroatoms. The lowest BCUT2D eigenvalue weighted by Gasteiger charge is -2.19. The molecule has 1 aromatic heterocycles. The fourth-order valence-corrected chi connectivity index (χ4v) is 3.47. The van der Waals surface area contributed by atoms with E-state index in [-0.39, 0.29) is 18.5 Å². The number of amides is 1. The van der Waals surface area contributed by atoms with Crippen molar-refractivity contribution >= 4 is 29.7 Å². The van der Waals surface area contributed by atoms with Gasteiger partial charge in [-0.1, -0.05) is 11.6 Å². The van der Waals surface area contributed by atoms with Gasteiger partial charge < -0.3 is 19.5 Å². The van der Waals surface area contributed by atoms with Gasteiger partial charge in [-0.05, 0) is 61.1 Å². The van der Waals surface area contributed by atoms with E-state index in [1.165, 1.54) is 7.11 Å². The SMILES string of the molecule is COc1cc(C(C)NC(=O)Cn2c(-c3ccc(Cl)cc3)n[nH]c2=S)cc(OC)c1OC. The molecule has 0 bridgehead atoms. The van der Waals surface area contributed by atoms with E-state index < -0.39 is 0 Å². The number of nitrogens with one attached hydrogen (secondary N) is 2. The summed E-state index contributed by atoms with van der Waals surface area (Å²) in [6.07, 6.45) is 0. The molecule has 0 aliphatic heterocycles. The Balaban J connectivity index is 1.80. The van der Waals surface area contributed by atoms with Crippen LogP contribution in [0.15, 0.2) is 36.4 Å². The molecule has 2 N–H and O–H groups in total. The maximum atomic E-state index is 12.8. The highest BCUT2D eigenvalue weighted by molar-refractivity contribution is 7.71. The molecule has 8 nitrogen and oxygen atoms in total. The predicted molar refractivity (Wildman–Crippen MR) is 121 cm³/mol. The minimum atomic E-state index is -0.318. The summed E-state index contributed by atoms with van der Waals surface area (Å²) in [5, 5.41) is 10.6. The molecule has 1 heterocycles. The van der Waals surface area contributed by atoms with Crippen LogP contribution in [0.2, 0.25) is 5.02 Å². The van der Waals surface area contributed by atoms with Gasteiger partial charge in [-0.2, -0.15) is 5.10 Å². The highest BCUT2D eigenvalue weighted by Gasteiger charge is 2.19. The summed E-state index contributed by atoms with van der Waals surface area (Å²) >= 11 is 11.3. The average Bonchev–Trinajstić information content (AvgIpc) is 3.12. The molecule has 3 aromatic rings. The number of H-pyrrole nitrogens is 1. The molecule has 1 unspecified atom stereocenters. The number of benzene rings is 2. The number of aromatic amines is 1. The molecule has 0 radical (unpaired) electrons. The lowest BCUT2D eigenvalue weighted by molar-refractivity contribution is -0.122. The zero-order valence-electron chi connectivity index (χ0n) is 17.6. The first-order valence-corrected chi connectivity index (χ1v) is 10.2. The van der Waals surface area contributed by atoms with Crippen LogP contribution in [0.25, 0.3) is 11.4 Å². The molecule has 0 saturated carbocycles. The highest BCUT2D eigenvalue weighted by Crippen LogP contribution is 2.39. The molecule has 164 valence electrons. The van der Waals surface area contributed by atoms with Crippen LogP contribution in [0.4, 0.5) is 0 Å². The van der Waals surface area contributed by atoms with E-state index in [4.69, 9.17) is 38.0 Å². The van der Waals surface area contributed by atoms with Gasteiger partial charge in [-0.15, -0.1) is 0 Å². The third-order valence-corrected chi connectivity index (χ3v) is 5.29. The Morgan fingerprint density at radius 2 is 1.77 bits per heavy atom. The molecule has 1 amide bonds. The van der Waals surface area contributed by atoms with Gasteiger partial charge in [0.25, 0.3) is 0 Å². The number of halogens is 1. The van der Waals surface area contributed by atoms with Crippen molar-refractivity contribution in [3.05, 3.63) is 51.8 Å². The lowest BCUT2D eigenvalue weighted by Crippen LogP contribution is -2.30. The maximum Gasteiger partial charge on any atom is 0.240 e. The van der Waals surface area contributed by atoms with Crippen LogP contribution in [0, 0.1) is 4.77 Å². The van der Waals surface area contributed by atoms with Gasteiger partial charge in [0.15, 0.2) is 22.1 Å². The largest absolute Gasteiger partial charge is 0.493 e. The lowest BCUT2D eigenvalue weighted by atomic mass is 10.1. The van der Waals surface area contributed by atoms with Crippen LogP contribution in [-0.4, -0.2) is 42.0 Å². The van der Waals surface area contributed by atoms with Gasteiger partial charge in [0, 0.05) is 10.6 Å². The standard InChI is InChI=1S/C21H23ClN4O4S/c1-12(14-9-16(28-2)19(30-4)17(10-14)29-3)23-18(27)11-26-20(24-25-21(26)31)13-5-7-15(22)8-6-13/h5-10,12H,11H2,1-4H3,(H,23,27)(H,25,31). The van der Waals surface area contributed by atoms with E-state index in [0.29, 0.717) is 32.9 Å². The minimum Gasteiger partial charge on any atom is -0.493 e. The fourth-order valence-electron chi connectivity index (χ4n) is 3.15. The minimum absolute atomic E-state index is 0.00204. The van der Waals surface area contributed by atoms with Gasteiger partial charge in [0.2, 0.25) is 11.7 Å². The van der Waals surface area contributed by atoms with Crippen LogP contribution in [0.3, 0.4) is 0 Å². The Hall–Kier alpha value is -3.04. The Morgan fingerprint density at radius 3 is 2.32 bits per heavy atom. The molecule has 3 rings (SSSR count). The Labute approximate surface area is 190 Å². The summed E-state index contributed by atoms with van der Waals surface area (Å²) in [5.41, 5.74) is 1.60. The first-order chi connectivity index (χ1) is 14.9. The monoisotopic (exact) mass is 462 g/mol. The van der Waals surface area contributed by atoms with Crippen LogP contribution in [0.5, 0.6) is 17.2 Å². The first-order valence-electron chi connectivity index (χ1n) is 9.38. The zero-order valence-corrected chi connectivity index (χ0v) is 19.1. The second-order valence-corrected chi connectivity index (χ2v) is 7.52. The van der Waals surface area contributed by atoms with Crippen molar-refractivity contribution in [2.24, 2.45) is 0 Å². The van der Waals surface area contributed by atoms with Gasteiger partial charge in [0.1, 0.15) is 6.54 Å². The summed E-state index contributed by atoms with van der Waals surface area (Å²) < 4.78 is 18.1. The molecule has 0 aliphatic carbocycles. The van der Waals surface area contributed by atoms with Crippen LogP contribution >= 0.6 is 23.8 Å². The number of ether oxygens (including phenoxy) is 3. The van der Waals surface area contributed by atoms with Crippen molar-refractivity contribution in [3.63, 3.8) is 0 Å². The van der Waals surface area contributed by atoms with Gasteiger partial charge in [-0.3, -0.25) is 14.5 Å². The van der Waals surface area contributed by atoms with E-state index in [0.717, 1.165) is 11.1 Å². The fraction of sp³-hybridized carbons (Fsp3) is 0.286. The molecule has 0 spiro atoms. The summed E-state index contributed by atoms with van der Waals surface area (Å²) in [4.78, 5) is 12.8. The summed E-state index contributed by atoms with van der Waals surface area (Å²) in [6.45, 7) is 1.87. The third kappa shape index (κ3) is 5.00. The summed E-state index contributed by atoms with van der Waals surface area (Å²) in [6, 6.07) is 10.4. The molecule has 0 fully saturated rings. The smallest absolute Gasteiger partial charge is 0.240 e. The number of methoxy groups -OCH3 is 3. The van der Waals surface area contributed by atoms with E-state index in [1.807, 2.05) is 19.1 Å². The second kappa shape index (κ2) is 9.84. The number of carbonyl (C=O) groups excluding carboxylic acids is 1. The average molecular weight is 463 g/mol. The first kappa shape index (κ1) is 22.6. The van der Waals surface area contributed by atoms with Crippen LogP contribution < -0.4 is 19.5 Å². The second-order valence-electron chi connectivity index (χ2n) is 6.69. The van der Waals surface area contributed by atoms with Crippen molar-refractivity contribution in [3.8, 4) is 28.6 Å². The van der Waals surface area contributed by atoms with Crippen molar-refractivity contribution in [1.82, 2.24) is 20.1 Å². The van der Waals surface area contributed by atoms with Crippen LogP contribution in [-0.2, 0) is 11.3 Å². The van der Waals surface area contributed by atoms with E-state index >= 15 is 0 Å². The van der Waals surface area contributed by atoms with Crippen molar-refractivity contribution in [1.29, 1.82) is 0 Å². The van der Waals surface area contributed by atoms with Crippen molar-refractivity contribution in [2.45, 2.75) is 19.5 Å². The zero-order chi connectivity index (χ0) is 22.5. The summed E-state index contributed by atoms with van der Waals surface area (Å²) in [7, 11) is 4.63. The Morgan fingerprint density at radius 1 is 1.16 bits per heavy atom. The molecule has 0 aliphatic rings. The van der Waals surface area contributed by atoms with Gasteiger partial charge in [0.05, 0.1) is 27.4 Å². The molecule has 2 aromatic carbocycles. The number of hydrogen-bond donors (Lipinski definition) is 2. The predicted octanol–water partition coefficient (Wildman–Crippen LogP) is 4.16. The molecule has 31 heavy (non-hydrogen) atoms. The molecular weight excluding hydrogens is 440 g/mol. The normalized spacial score (nSPS) is 11.6. The molecule has 0 saturated heterocycles. The van der Waals surface area contributed by atoms with Gasteiger partial charge >= 0.3 is 0 Å². The van der Waals surface area contributed by atoms with E-state index in [9.17, 15) is 4.79 Å². The maximum absolute atomic E-state index is 12.8. The molecule has 1 atom stereocenters. The van der Waals surface area contributed by atoms with E-state index in [2.05, 4.69) is 15.5 Å².